The topological polar surface area (TPSA) is 30.5 Å². The van der Waals surface area contributed by atoms with Gasteiger partial charge in [-0.2, -0.15) is 0 Å². The summed E-state index contributed by atoms with van der Waals surface area (Å²) in [7, 11) is 3.28. The van der Waals surface area contributed by atoms with Crippen LogP contribution in [0.25, 0.3) is 0 Å². The summed E-state index contributed by atoms with van der Waals surface area (Å²) < 4.78 is 11.6. The van der Waals surface area contributed by atoms with Crippen molar-refractivity contribution in [2.75, 3.05) is 14.2 Å². The number of ether oxygens (including phenoxy) is 2. The number of benzene rings is 2. The average molecular weight is 386 g/mol. The Bertz CT molecular complexity index is 602. The predicted molar refractivity (Wildman–Crippen MR) is 89.0 cm³/mol. The van der Waals surface area contributed by atoms with Crippen LogP contribution in [0.5, 0.6) is 11.5 Å². The Kier molecular flexibility index (Phi) is 7.73. The molecule has 0 radical (unpaired) electrons. The minimum absolute atomic E-state index is 0. The molecule has 3 nitrogen and oxygen atoms in total. The second kappa shape index (κ2) is 9.03. The zero-order valence-electron chi connectivity index (χ0n) is 13.0. The van der Waals surface area contributed by atoms with Crippen molar-refractivity contribution in [3.8, 4) is 11.5 Å². The SMILES string of the molecule is COc1cc(CNCc2ccc(C)cc2)cc(Br)c1OC.[Cl-]. The van der Waals surface area contributed by atoms with E-state index in [0.717, 1.165) is 34.6 Å². The Morgan fingerprint density at radius 2 is 1.59 bits per heavy atom. The first-order valence-electron chi connectivity index (χ1n) is 6.80. The molecule has 22 heavy (non-hydrogen) atoms. The van der Waals surface area contributed by atoms with Crippen LogP contribution in [-0.4, -0.2) is 14.2 Å². The molecule has 0 aliphatic heterocycles. The number of halogens is 2. The van der Waals surface area contributed by atoms with Crippen molar-refractivity contribution < 1.29 is 21.9 Å². The first-order valence-corrected chi connectivity index (χ1v) is 7.60. The number of hydrogen-bond acceptors (Lipinski definition) is 3. The molecule has 2 aromatic carbocycles. The maximum absolute atomic E-state index is 5.35. The van der Waals surface area contributed by atoms with E-state index in [1.54, 1.807) is 14.2 Å². The van der Waals surface area contributed by atoms with Gasteiger partial charge < -0.3 is 27.2 Å². The number of aryl methyl sites for hydroxylation is 1. The molecule has 0 saturated heterocycles. The highest BCUT2D eigenvalue weighted by molar-refractivity contribution is 9.10. The van der Waals surface area contributed by atoms with E-state index in [1.165, 1.54) is 11.1 Å². The van der Waals surface area contributed by atoms with Gasteiger partial charge in [0, 0.05) is 13.1 Å². The molecular formula is C17H20BrClNO2-. The summed E-state index contributed by atoms with van der Waals surface area (Å²) in [5.41, 5.74) is 3.70. The highest BCUT2D eigenvalue weighted by atomic mass is 79.9. The first kappa shape index (κ1) is 18.8. The van der Waals surface area contributed by atoms with Crippen LogP contribution in [0.3, 0.4) is 0 Å². The molecule has 0 aliphatic rings. The fourth-order valence-electron chi connectivity index (χ4n) is 2.13. The van der Waals surface area contributed by atoms with Crippen LogP contribution in [0, 0.1) is 6.92 Å². The van der Waals surface area contributed by atoms with E-state index >= 15 is 0 Å². The van der Waals surface area contributed by atoms with Crippen LogP contribution < -0.4 is 27.2 Å². The summed E-state index contributed by atoms with van der Waals surface area (Å²) in [5.74, 6) is 1.46. The Labute approximate surface area is 146 Å². The van der Waals surface area contributed by atoms with Crippen molar-refractivity contribution in [2.24, 2.45) is 0 Å². The Hall–Kier alpha value is -1.23. The predicted octanol–water partition coefficient (Wildman–Crippen LogP) is 1.07. The van der Waals surface area contributed by atoms with E-state index < -0.39 is 0 Å². The normalized spacial score (nSPS) is 10.0. The quantitative estimate of drug-likeness (QED) is 0.807. The highest BCUT2D eigenvalue weighted by Crippen LogP contribution is 2.36. The van der Waals surface area contributed by atoms with Crippen LogP contribution >= 0.6 is 15.9 Å². The molecule has 0 saturated carbocycles. The van der Waals surface area contributed by atoms with Gasteiger partial charge >= 0.3 is 0 Å². The van der Waals surface area contributed by atoms with Gasteiger partial charge in [0.25, 0.3) is 0 Å². The smallest absolute Gasteiger partial charge is 0.174 e. The molecular weight excluding hydrogens is 366 g/mol. The number of nitrogens with one attached hydrogen (secondary N) is 1. The molecule has 2 rings (SSSR count). The van der Waals surface area contributed by atoms with E-state index in [1.807, 2.05) is 12.1 Å². The summed E-state index contributed by atoms with van der Waals surface area (Å²) in [6.07, 6.45) is 0. The largest absolute Gasteiger partial charge is 1.00 e. The zero-order chi connectivity index (χ0) is 15.2. The van der Waals surface area contributed by atoms with Gasteiger partial charge in [0.2, 0.25) is 0 Å². The minimum atomic E-state index is 0. The molecule has 0 atom stereocenters. The Balaban J connectivity index is 0.00000242. The van der Waals surface area contributed by atoms with Crippen LogP contribution in [0.1, 0.15) is 16.7 Å². The summed E-state index contributed by atoms with van der Waals surface area (Å²) in [6.45, 7) is 3.71. The van der Waals surface area contributed by atoms with Gasteiger partial charge in [-0.15, -0.1) is 0 Å². The van der Waals surface area contributed by atoms with Crippen molar-refractivity contribution in [1.82, 2.24) is 5.32 Å². The van der Waals surface area contributed by atoms with Gasteiger partial charge in [-0.25, -0.2) is 0 Å². The van der Waals surface area contributed by atoms with E-state index in [2.05, 4.69) is 52.4 Å². The number of hydrogen-bond donors (Lipinski definition) is 1. The van der Waals surface area contributed by atoms with Gasteiger partial charge in [0.15, 0.2) is 11.5 Å². The molecule has 120 valence electrons. The molecule has 0 heterocycles. The molecule has 0 fully saturated rings. The number of rotatable bonds is 6. The van der Waals surface area contributed by atoms with Crippen molar-refractivity contribution in [1.29, 1.82) is 0 Å². The van der Waals surface area contributed by atoms with Crippen molar-refractivity contribution in [3.05, 3.63) is 57.6 Å². The second-order valence-electron chi connectivity index (χ2n) is 4.90. The van der Waals surface area contributed by atoms with Crippen LogP contribution in [-0.2, 0) is 13.1 Å². The molecule has 0 unspecified atom stereocenters. The van der Waals surface area contributed by atoms with Crippen molar-refractivity contribution in [2.45, 2.75) is 20.0 Å². The summed E-state index contributed by atoms with van der Waals surface area (Å²) in [6, 6.07) is 12.6. The third-order valence-corrected chi connectivity index (χ3v) is 3.86. The molecule has 0 aliphatic carbocycles. The molecule has 2 aromatic rings. The molecule has 0 aromatic heterocycles. The van der Waals surface area contributed by atoms with Crippen LogP contribution in [0.4, 0.5) is 0 Å². The Morgan fingerprint density at radius 3 is 2.18 bits per heavy atom. The van der Waals surface area contributed by atoms with E-state index in [-0.39, 0.29) is 12.4 Å². The maximum atomic E-state index is 5.35. The van der Waals surface area contributed by atoms with Gasteiger partial charge in [-0.1, -0.05) is 29.8 Å². The third kappa shape index (κ3) is 4.90. The van der Waals surface area contributed by atoms with Gasteiger partial charge in [-0.05, 0) is 46.1 Å². The highest BCUT2D eigenvalue weighted by Gasteiger charge is 2.10. The summed E-state index contributed by atoms with van der Waals surface area (Å²) >= 11 is 3.51. The van der Waals surface area contributed by atoms with E-state index in [0.29, 0.717) is 0 Å². The Morgan fingerprint density at radius 1 is 0.955 bits per heavy atom. The third-order valence-electron chi connectivity index (χ3n) is 3.27. The lowest BCUT2D eigenvalue weighted by Gasteiger charge is -2.12. The van der Waals surface area contributed by atoms with Crippen molar-refractivity contribution in [3.63, 3.8) is 0 Å². The lowest BCUT2D eigenvalue weighted by atomic mass is 10.1. The lowest BCUT2D eigenvalue weighted by Crippen LogP contribution is -3.00. The molecule has 0 bridgehead atoms. The molecule has 0 spiro atoms. The lowest BCUT2D eigenvalue weighted by molar-refractivity contribution is -0.00000481. The standard InChI is InChI=1S/C17H20BrNO2.ClH/c1-12-4-6-13(7-5-12)10-19-11-14-8-15(18)17(21-3)16(9-14)20-2;/h4-9,19H,10-11H2,1-3H3;1H/p-1. The van der Waals surface area contributed by atoms with E-state index in [4.69, 9.17) is 9.47 Å². The minimum Gasteiger partial charge on any atom is -1.00 e. The van der Waals surface area contributed by atoms with Crippen LogP contribution in [0.2, 0.25) is 0 Å². The molecule has 5 heteroatoms. The zero-order valence-corrected chi connectivity index (χ0v) is 15.3. The monoisotopic (exact) mass is 384 g/mol. The van der Waals surface area contributed by atoms with Gasteiger partial charge in [0.05, 0.1) is 18.7 Å². The average Bonchev–Trinajstić information content (AvgIpc) is 2.48. The summed E-state index contributed by atoms with van der Waals surface area (Å²) in [4.78, 5) is 0. The number of methoxy groups -OCH3 is 2. The first-order chi connectivity index (χ1) is 10.1. The molecule has 1 N–H and O–H groups in total. The fourth-order valence-corrected chi connectivity index (χ4v) is 2.78. The van der Waals surface area contributed by atoms with Crippen molar-refractivity contribution >= 4 is 15.9 Å². The summed E-state index contributed by atoms with van der Waals surface area (Å²) in [5, 5.41) is 3.44. The second-order valence-corrected chi connectivity index (χ2v) is 5.76. The van der Waals surface area contributed by atoms with E-state index in [9.17, 15) is 0 Å². The maximum Gasteiger partial charge on any atom is 0.174 e. The fraction of sp³-hybridized carbons (Fsp3) is 0.294. The van der Waals surface area contributed by atoms with Gasteiger partial charge in [0.1, 0.15) is 0 Å². The molecule has 0 amide bonds. The van der Waals surface area contributed by atoms with Gasteiger partial charge in [-0.3, -0.25) is 0 Å². The van der Waals surface area contributed by atoms with Crippen LogP contribution in [0.15, 0.2) is 40.9 Å².